The fraction of sp³-hybridized carbons (Fsp3) is 0.208. The minimum absolute atomic E-state index is 0.0463. The quantitative estimate of drug-likeness (QED) is 0.501. The van der Waals surface area contributed by atoms with Crippen LogP contribution in [0.4, 0.5) is 10.2 Å². The van der Waals surface area contributed by atoms with Gasteiger partial charge in [0.2, 0.25) is 0 Å². The third-order valence-corrected chi connectivity index (χ3v) is 6.09. The molecule has 9 heteroatoms. The van der Waals surface area contributed by atoms with E-state index >= 15 is 0 Å². The van der Waals surface area contributed by atoms with E-state index in [1.54, 1.807) is 46.1 Å². The normalized spacial score (nSPS) is 14.1. The number of pyridine rings is 1. The lowest BCUT2D eigenvalue weighted by Gasteiger charge is -2.35. The number of hydrogen-bond donors (Lipinski definition) is 1. The highest BCUT2D eigenvalue weighted by molar-refractivity contribution is 6.31. The van der Waals surface area contributed by atoms with Gasteiger partial charge in [-0.1, -0.05) is 23.7 Å². The number of nitrogens with one attached hydrogen (secondary N) is 1. The topological polar surface area (TPSA) is 73.7 Å². The van der Waals surface area contributed by atoms with Crippen LogP contribution in [-0.4, -0.2) is 51.4 Å². The molecule has 1 amide bonds. The maximum atomic E-state index is 14.6. The summed E-state index contributed by atoms with van der Waals surface area (Å²) >= 11 is 6.07. The summed E-state index contributed by atoms with van der Waals surface area (Å²) in [5, 5.41) is 0.452. The second-order valence-electron chi connectivity index (χ2n) is 7.98. The van der Waals surface area contributed by atoms with Crippen LogP contribution in [0.15, 0.2) is 65.8 Å². The lowest BCUT2D eigenvalue weighted by atomic mass is 10.0. The Morgan fingerprint density at radius 3 is 2.70 bits per heavy atom. The van der Waals surface area contributed by atoms with Crippen LogP contribution in [0.1, 0.15) is 21.6 Å². The van der Waals surface area contributed by atoms with Gasteiger partial charge in [0.25, 0.3) is 11.5 Å². The molecule has 0 bridgehead atoms. The van der Waals surface area contributed by atoms with Gasteiger partial charge in [0.15, 0.2) is 0 Å². The molecule has 7 nitrogen and oxygen atoms in total. The molecule has 0 aliphatic carbocycles. The number of piperazine rings is 1. The molecule has 3 aromatic heterocycles. The number of halogens is 2. The summed E-state index contributed by atoms with van der Waals surface area (Å²) in [6.45, 7) is 2.24. The number of amides is 1. The fourth-order valence-electron chi connectivity index (χ4n) is 4.18. The molecule has 33 heavy (non-hydrogen) atoms. The number of aromatic amines is 1. The zero-order chi connectivity index (χ0) is 22.9. The zero-order valence-electron chi connectivity index (χ0n) is 17.7. The van der Waals surface area contributed by atoms with Crippen molar-refractivity contribution in [2.45, 2.75) is 6.42 Å². The Balaban J connectivity index is 1.35. The van der Waals surface area contributed by atoms with Crippen LogP contribution in [0.25, 0.3) is 5.52 Å². The molecule has 0 spiro atoms. The highest BCUT2D eigenvalue weighted by Crippen LogP contribution is 2.20. The zero-order valence-corrected chi connectivity index (χ0v) is 18.4. The van der Waals surface area contributed by atoms with E-state index in [0.717, 1.165) is 17.1 Å². The Hall–Kier alpha value is -3.65. The molecule has 0 saturated carbocycles. The Kier molecular flexibility index (Phi) is 5.60. The number of aromatic nitrogens is 3. The van der Waals surface area contributed by atoms with Crippen molar-refractivity contribution >= 4 is 28.8 Å². The van der Waals surface area contributed by atoms with Crippen LogP contribution in [0, 0.1) is 5.82 Å². The lowest BCUT2D eigenvalue weighted by molar-refractivity contribution is 0.0741. The van der Waals surface area contributed by atoms with E-state index in [9.17, 15) is 14.0 Å². The first-order valence-electron chi connectivity index (χ1n) is 10.6. The van der Waals surface area contributed by atoms with E-state index in [-0.39, 0.29) is 17.0 Å². The van der Waals surface area contributed by atoms with Gasteiger partial charge in [-0.2, -0.15) is 0 Å². The largest absolute Gasteiger partial charge is 0.353 e. The smallest absolute Gasteiger partial charge is 0.272 e. The van der Waals surface area contributed by atoms with Crippen molar-refractivity contribution < 1.29 is 9.18 Å². The van der Waals surface area contributed by atoms with E-state index in [1.807, 2.05) is 18.2 Å². The SMILES string of the molecule is O=C(c1cc(Cc2c[nH]c(=O)c3cc(Cl)cn23)ccc1F)N1CCN(c2ccccn2)CC1. The number of fused-ring (bicyclic) bond motifs is 1. The summed E-state index contributed by atoms with van der Waals surface area (Å²) < 4.78 is 16.3. The highest BCUT2D eigenvalue weighted by atomic mass is 35.5. The van der Waals surface area contributed by atoms with Crippen LogP contribution in [0.3, 0.4) is 0 Å². The van der Waals surface area contributed by atoms with E-state index in [0.29, 0.717) is 43.1 Å². The monoisotopic (exact) mass is 465 g/mol. The molecular formula is C24H21ClFN5O2. The van der Waals surface area contributed by atoms with Crippen molar-refractivity contribution in [1.29, 1.82) is 0 Å². The minimum atomic E-state index is -0.550. The third-order valence-electron chi connectivity index (χ3n) is 5.89. The fourth-order valence-corrected chi connectivity index (χ4v) is 4.38. The standard InChI is InChI=1S/C24H21ClFN5O2/c25-17-13-21-23(32)28-14-18(31(21)15-17)11-16-4-5-20(26)19(12-16)24(33)30-9-7-29(8-10-30)22-3-1-2-6-27-22/h1-6,12-15H,7-11H2,(H,28,32). The predicted octanol–water partition coefficient (Wildman–Crippen LogP) is 3.37. The van der Waals surface area contributed by atoms with Crippen molar-refractivity contribution in [3.63, 3.8) is 0 Å². The molecule has 4 heterocycles. The predicted molar refractivity (Wildman–Crippen MR) is 125 cm³/mol. The number of carbonyl (C=O) groups excluding carboxylic acids is 1. The van der Waals surface area contributed by atoms with E-state index in [4.69, 9.17) is 11.6 Å². The summed E-state index contributed by atoms with van der Waals surface area (Å²) in [6, 6.07) is 11.9. The van der Waals surface area contributed by atoms with Crippen molar-refractivity contribution in [3.05, 3.63) is 99.1 Å². The van der Waals surface area contributed by atoms with Crippen molar-refractivity contribution in [1.82, 2.24) is 19.3 Å². The number of nitrogens with zero attached hydrogens (tertiary/aromatic N) is 4. The molecule has 1 aliphatic rings. The highest BCUT2D eigenvalue weighted by Gasteiger charge is 2.25. The first-order chi connectivity index (χ1) is 16.0. The van der Waals surface area contributed by atoms with Crippen LogP contribution >= 0.6 is 11.6 Å². The van der Waals surface area contributed by atoms with E-state index < -0.39 is 5.82 Å². The molecule has 1 aromatic carbocycles. The van der Waals surface area contributed by atoms with Gasteiger partial charge in [-0.05, 0) is 35.9 Å². The second-order valence-corrected chi connectivity index (χ2v) is 8.42. The number of anilines is 1. The summed E-state index contributed by atoms with van der Waals surface area (Å²) in [6.07, 6.45) is 5.41. The van der Waals surface area contributed by atoms with Crippen molar-refractivity contribution in [2.24, 2.45) is 0 Å². The molecule has 1 fully saturated rings. The van der Waals surface area contributed by atoms with Gasteiger partial charge < -0.3 is 19.2 Å². The summed E-state index contributed by atoms with van der Waals surface area (Å²) in [5.41, 5.74) is 1.76. The summed E-state index contributed by atoms with van der Waals surface area (Å²) in [5.74, 6) is -0.00714. The number of rotatable bonds is 4. The van der Waals surface area contributed by atoms with Gasteiger partial charge in [0.05, 0.1) is 10.6 Å². The number of hydrogen-bond acceptors (Lipinski definition) is 4. The van der Waals surface area contributed by atoms with Crippen LogP contribution < -0.4 is 10.5 Å². The number of H-pyrrole nitrogens is 1. The Morgan fingerprint density at radius 1 is 1.12 bits per heavy atom. The Morgan fingerprint density at radius 2 is 1.94 bits per heavy atom. The lowest BCUT2D eigenvalue weighted by Crippen LogP contribution is -2.49. The molecule has 1 N–H and O–H groups in total. The average Bonchev–Trinajstić information content (AvgIpc) is 3.25. The first kappa shape index (κ1) is 21.2. The maximum Gasteiger partial charge on any atom is 0.272 e. The minimum Gasteiger partial charge on any atom is -0.353 e. The Bertz CT molecular complexity index is 1380. The van der Waals surface area contributed by atoms with Crippen LogP contribution in [0.5, 0.6) is 0 Å². The van der Waals surface area contributed by atoms with E-state index in [1.165, 1.54) is 6.07 Å². The molecule has 5 rings (SSSR count). The molecule has 168 valence electrons. The number of benzene rings is 1. The van der Waals surface area contributed by atoms with Crippen molar-refractivity contribution in [2.75, 3.05) is 31.1 Å². The first-order valence-corrected chi connectivity index (χ1v) is 11.0. The van der Waals surface area contributed by atoms with Gasteiger partial charge >= 0.3 is 0 Å². The van der Waals surface area contributed by atoms with Crippen LogP contribution in [0.2, 0.25) is 5.02 Å². The van der Waals surface area contributed by atoms with Crippen molar-refractivity contribution in [3.8, 4) is 0 Å². The molecule has 4 aromatic rings. The molecule has 1 aliphatic heterocycles. The molecule has 0 unspecified atom stereocenters. The maximum absolute atomic E-state index is 14.6. The second kappa shape index (κ2) is 8.71. The molecule has 1 saturated heterocycles. The van der Waals surface area contributed by atoms with Gasteiger partial charge in [-0.25, -0.2) is 9.37 Å². The van der Waals surface area contributed by atoms with Gasteiger partial charge in [-0.3, -0.25) is 9.59 Å². The van der Waals surface area contributed by atoms with E-state index in [2.05, 4.69) is 14.9 Å². The van der Waals surface area contributed by atoms with Gasteiger partial charge in [0, 0.05) is 56.9 Å². The number of carbonyl (C=O) groups is 1. The average molecular weight is 466 g/mol. The summed E-state index contributed by atoms with van der Waals surface area (Å²) in [7, 11) is 0. The Labute approximate surface area is 194 Å². The molecular weight excluding hydrogens is 445 g/mol. The van der Waals surface area contributed by atoms with Gasteiger partial charge in [-0.15, -0.1) is 0 Å². The third kappa shape index (κ3) is 4.21. The van der Waals surface area contributed by atoms with Crippen LogP contribution in [-0.2, 0) is 6.42 Å². The van der Waals surface area contributed by atoms with Gasteiger partial charge in [0.1, 0.15) is 17.2 Å². The molecule has 0 radical (unpaired) electrons. The summed E-state index contributed by atoms with van der Waals surface area (Å²) in [4.78, 5) is 36.0. The molecule has 0 atom stereocenters.